The molecule has 1 amide bonds. The zero-order chi connectivity index (χ0) is 10.9. The van der Waals surface area contributed by atoms with E-state index in [0.717, 1.165) is 32.5 Å². The molecular weight excluding hydrogens is 208 g/mol. The summed E-state index contributed by atoms with van der Waals surface area (Å²) < 4.78 is 0. The van der Waals surface area contributed by atoms with Crippen molar-refractivity contribution in [2.75, 3.05) is 25.4 Å². The molecule has 2 aliphatic rings. The maximum absolute atomic E-state index is 11.8. The Bertz CT molecular complexity index is 241. The molecule has 4 heteroatoms. The van der Waals surface area contributed by atoms with Gasteiger partial charge >= 0.3 is 0 Å². The summed E-state index contributed by atoms with van der Waals surface area (Å²) in [6.45, 7) is 7.25. The first-order chi connectivity index (χ1) is 7.11. The van der Waals surface area contributed by atoms with Crippen LogP contribution in [0.2, 0.25) is 0 Å². The number of carbonyl (C=O) groups is 1. The Morgan fingerprint density at radius 1 is 1.53 bits per heavy atom. The molecule has 2 fully saturated rings. The van der Waals surface area contributed by atoms with Crippen LogP contribution in [0.25, 0.3) is 0 Å². The molecule has 15 heavy (non-hydrogen) atoms. The highest BCUT2D eigenvalue weighted by atomic mass is 32.2. The van der Waals surface area contributed by atoms with Crippen LogP contribution >= 0.6 is 11.8 Å². The molecule has 2 aliphatic heterocycles. The van der Waals surface area contributed by atoms with Gasteiger partial charge in [-0.1, -0.05) is 13.8 Å². The largest absolute Gasteiger partial charge is 0.337 e. The van der Waals surface area contributed by atoms with Gasteiger partial charge in [0.15, 0.2) is 0 Å². The van der Waals surface area contributed by atoms with E-state index in [0.29, 0.717) is 11.8 Å². The minimum absolute atomic E-state index is 0.230. The topological polar surface area (TPSA) is 32.3 Å². The minimum Gasteiger partial charge on any atom is -0.337 e. The van der Waals surface area contributed by atoms with Crippen LogP contribution in [0, 0.1) is 5.92 Å². The van der Waals surface area contributed by atoms with E-state index in [2.05, 4.69) is 19.2 Å². The second kappa shape index (κ2) is 4.34. The van der Waals surface area contributed by atoms with Gasteiger partial charge in [-0.3, -0.25) is 10.1 Å². The molecule has 0 saturated carbocycles. The first-order valence-electron chi connectivity index (χ1n) is 5.78. The molecule has 0 aromatic rings. The second-order valence-corrected chi connectivity index (χ2v) is 6.43. The van der Waals surface area contributed by atoms with E-state index < -0.39 is 0 Å². The molecule has 0 radical (unpaired) electrons. The monoisotopic (exact) mass is 228 g/mol. The van der Waals surface area contributed by atoms with Gasteiger partial charge in [0.1, 0.15) is 4.87 Å². The lowest BCUT2D eigenvalue weighted by Gasteiger charge is -2.47. The highest BCUT2D eigenvalue weighted by Crippen LogP contribution is 2.36. The highest BCUT2D eigenvalue weighted by Gasteiger charge is 2.47. The summed E-state index contributed by atoms with van der Waals surface area (Å²) >= 11 is 1.97. The second-order valence-electron chi connectivity index (χ2n) is 4.95. The van der Waals surface area contributed by atoms with E-state index in [9.17, 15) is 4.79 Å². The summed E-state index contributed by atoms with van der Waals surface area (Å²) in [5, 5.41) is 3.49. The lowest BCUT2D eigenvalue weighted by Crippen LogP contribution is -2.66. The van der Waals surface area contributed by atoms with E-state index >= 15 is 0 Å². The van der Waals surface area contributed by atoms with Gasteiger partial charge in [-0.25, -0.2) is 0 Å². The third-order valence-corrected chi connectivity index (χ3v) is 4.47. The quantitative estimate of drug-likeness (QED) is 0.790. The van der Waals surface area contributed by atoms with Crippen molar-refractivity contribution >= 4 is 17.7 Å². The Morgan fingerprint density at radius 3 is 2.80 bits per heavy atom. The van der Waals surface area contributed by atoms with Gasteiger partial charge in [-0.15, -0.1) is 11.8 Å². The van der Waals surface area contributed by atoms with Gasteiger partial charge in [-0.2, -0.15) is 0 Å². The van der Waals surface area contributed by atoms with Gasteiger partial charge < -0.3 is 4.90 Å². The Hall–Kier alpha value is -0.220. The van der Waals surface area contributed by atoms with Crippen molar-refractivity contribution in [3.05, 3.63) is 0 Å². The number of nitrogens with one attached hydrogen (secondary N) is 1. The molecule has 1 spiro atoms. The summed E-state index contributed by atoms with van der Waals surface area (Å²) in [7, 11) is 0. The fourth-order valence-corrected chi connectivity index (χ4v) is 3.39. The summed E-state index contributed by atoms with van der Waals surface area (Å²) in [6, 6.07) is 0. The van der Waals surface area contributed by atoms with Crippen LogP contribution < -0.4 is 5.32 Å². The molecule has 2 heterocycles. The molecule has 0 atom stereocenters. The summed E-state index contributed by atoms with van der Waals surface area (Å²) in [6.07, 6.45) is 1.74. The van der Waals surface area contributed by atoms with Crippen LogP contribution in [0.5, 0.6) is 0 Å². The van der Waals surface area contributed by atoms with Crippen LogP contribution in [-0.2, 0) is 4.79 Å². The number of thioether (sulfide) groups is 1. The number of hydrogen-bond acceptors (Lipinski definition) is 3. The van der Waals surface area contributed by atoms with Crippen LogP contribution in [-0.4, -0.2) is 41.1 Å². The summed E-state index contributed by atoms with van der Waals surface area (Å²) in [5.41, 5.74) is 0. The normalized spacial score (nSPS) is 23.5. The van der Waals surface area contributed by atoms with E-state index in [4.69, 9.17) is 0 Å². The number of carbonyl (C=O) groups excluding carboxylic acids is 1. The Morgan fingerprint density at radius 2 is 2.27 bits per heavy atom. The zero-order valence-electron chi connectivity index (χ0n) is 9.58. The van der Waals surface area contributed by atoms with Gasteiger partial charge in [-0.05, 0) is 12.3 Å². The first kappa shape index (κ1) is 11.3. The first-order valence-corrected chi connectivity index (χ1v) is 6.77. The third kappa shape index (κ3) is 2.48. The van der Waals surface area contributed by atoms with Crippen molar-refractivity contribution in [2.24, 2.45) is 5.92 Å². The van der Waals surface area contributed by atoms with Crippen LogP contribution in [0.3, 0.4) is 0 Å². The smallest absolute Gasteiger partial charge is 0.222 e. The van der Waals surface area contributed by atoms with Crippen molar-refractivity contribution in [3.8, 4) is 0 Å². The predicted molar refractivity (Wildman–Crippen MR) is 63.8 cm³/mol. The molecule has 0 aliphatic carbocycles. The number of amides is 1. The Balaban J connectivity index is 1.71. The van der Waals surface area contributed by atoms with Gasteiger partial charge in [0, 0.05) is 18.7 Å². The SMILES string of the molecule is CC(C)CCC(=O)N1CC2(C1)NCCS2. The molecule has 0 aromatic heterocycles. The molecule has 2 rings (SSSR count). The number of rotatable bonds is 3. The fraction of sp³-hybridized carbons (Fsp3) is 0.909. The van der Waals surface area contributed by atoms with Crippen LogP contribution in [0.1, 0.15) is 26.7 Å². The average Bonchev–Trinajstić information content (AvgIpc) is 2.60. The van der Waals surface area contributed by atoms with E-state index in [1.54, 1.807) is 0 Å². The lowest BCUT2D eigenvalue weighted by atomic mass is 10.0. The molecule has 86 valence electrons. The fourth-order valence-electron chi connectivity index (χ4n) is 2.10. The third-order valence-electron chi connectivity index (χ3n) is 3.11. The Labute approximate surface area is 96.0 Å². The molecule has 0 bridgehead atoms. The van der Waals surface area contributed by atoms with Crippen molar-refractivity contribution < 1.29 is 4.79 Å². The van der Waals surface area contributed by atoms with Crippen molar-refractivity contribution in [1.82, 2.24) is 10.2 Å². The van der Waals surface area contributed by atoms with Crippen molar-refractivity contribution in [2.45, 2.75) is 31.6 Å². The molecule has 3 nitrogen and oxygen atoms in total. The van der Waals surface area contributed by atoms with Crippen LogP contribution in [0.15, 0.2) is 0 Å². The van der Waals surface area contributed by atoms with Crippen LogP contribution in [0.4, 0.5) is 0 Å². The van der Waals surface area contributed by atoms with Crippen molar-refractivity contribution in [3.63, 3.8) is 0 Å². The molecule has 0 aromatic carbocycles. The zero-order valence-corrected chi connectivity index (χ0v) is 10.4. The number of nitrogens with zero attached hydrogens (tertiary/aromatic N) is 1. The minimum atomic E-state index is 0.230. The van der Waals surface area contributed by atoms with Gasteiger partial charge in [0.25, 0.3) is 0 Å². The standard InChI is InChI=1S/C11H20N2OS/c1-9(2)3-4-10(14)13-7-11(8-13)12-5-6-15-11/h9,12H,3-8H2,1-2H3. The van der Waals surface area contributed by atoms with E-state index in [1.807, 2.05) is 16.7 Å². The summed E-state index contributed by atoms with van der Waals surface area (Å²) in [4.78, 5) is 14.0. The highest BCUT2D eigenvalue weighted by molar-refractivity contribution is 8.01. The van der Waals surface area contributed by atoms with Gasteiger partial charge in [0.05, 0.1) is 13.1 Å². The number of hydrogen-bond donors (Lipinski definition) is 1. The van der Waals surface area contributed by atoms with E-state index in [1.165, 1.54) is 5.75 Å². The maximum atomic E-state index is 11.8. The Kier molecular flexibility index (Phi) is 3.26. The number of likely N-dealkylation sites (tertiary alicyclic amines) is 1. The molecule has 2 saturated heterocycles. The molecule has 1 N–H and O–H groups in total. The maximum Gasteiger partial charge on any atom is 0.222 e. The van der Waals surface area contributed by atoms with E-state index in [-0.39, 0.29) is 4.87 Å². The predicted octanol–water partition coefficient (Wildman–Crippen LogP) is 1.30. The summed E-state index contributed by atoms with van der Waals surface area (Å²) in [5.74, 6) is 2.15. The molecular formula is C11H20N2OS. The average molecular weight is 228 g/mol. The lowest BCUT2D eigenvalue weighted by molar-refractivity contribution is -0.137. The van der Waals surface area contributed by atoms with Crippen molar-refractivity contribution in [1.29, 1.82) is 0 Å². The molecule has 0 unspecified atom stereocenters. The van der Waals surface area contributed by atoms with Gasteiger partial charge in [0.2, 0.25) is 5.91 Å².